The van der Waals surface area contributed by atoms with Crippen LogP contribution in [0.3, 0.4) is 0 Å². The number of aromatic nitrogens is 3. The smallest absolute Gasteiger partial charge is 0.316 e. The van der Waals surface area contributed by atoms with Gasteiger partial charge in [-0.1, -0.05) is 19.3 Å². The lowest BCUT2D eigenvalue weighted by Crippen LogP contribution is -2.21. The van der Waals surface area contributed by atoms with Crippen molar-refractivity contribution < 1.29 is 9.53 Å². The molecule has 18 heavy (non-hydrogen) atoms. The van der Waals surface area contributed by atoms with Gasteiger partial charge in [0, 0.05) is 6.04 Å². The second-order valence-electron chi connectivity index (χ2n) is 4.86. The maximum atomic E-state index is 11.8. The van der Waals surface area contributed by atoms with Crippen molar-refractivity contribution in [1.82, 2.24) is 14.8 Å². The Kier molecular flexibility index (Phi) is 4.33. The fourth-order valence-electron chi connectivity index (χ4n) is 2.57. The van der Waals surface area contributed by atoms with Crippen LogP contribution in [0.15, 0.2) is 6.33 Å². The highest BCUT2D eigenvalue weighted by molar-refractivity contribution is 5.76. The maximum absolute atomic E-state index is 11.8. The van der Waals surface area contributed by atoms with Gasteiger partial charge < -0.3 is 9.30 Å². The van der Waals surface area contributed by atoms with Gasteiger partial charge in [0.2, 0.25) is 0 Å². The van der Waals surface area contributed by atoms with Crippen molar-refractivity contribution in [3.63, 3.8) is 0 Å². The highest BCUT2D eigenvalue weighted by Gasteiger charge is 2.26. The van der Waals surface area contributed by atoms with Gasteiger partial charge in [-0.25, -0.2) is 0 Å². The van der Waals surface area contributed by atoms with E-state index in [1.165, 1.54) is 19.3 Å². The van der Waals surface area contributed by atoms with Crippen LogP contribution in [0.2, 0.25) is 0 Å². The molecule has 1 aromatic rings. The third-order valence-corrected chi connectivity index (χ3v) is 3.60. The van der Waals surface area contributed by atoms with E-state index < -0.39 is 0 Å². The molecule has 0 radical (unpaired) electrons. The van der Waals surface area contributed by atoms with Crippen molar-refractivity contribution in [2.75, 3.05) is 6.61 Å². The van der Waals surface area contributed by atoms with E-state index in [1.54, 1.807) is 6.33 Å². The van der Waals surface area contributed by atoms with Gasteiger partial charge in [-0.3, -0.25) is 4.79 Å². The quantitative estimate of drug-likeness (QED) is 0.771. The number of hydrogen-bond donors (Lipinski definition) is 0. The number of carbonyl (C=O) groups excluding carboxylic acids is 1. The largest absolute Gasteiger partial charge is 0.465 e. The van der Waals surface area contributed by atoms with E-state index in [0.717, 1.165) is 18.7 Å². The third kappa shape index (κ3) is 2.71. The number of hydrogen-bond acceptors (Lipinski definition) is 4. The van der Waals surface area contributed by atoms with E-state index in [2.05, 4.69) is 14.8 Å². The number of rotatable bonds is 4. The third-order valence-electron chi connectivity index (χ3n) is 3.60. The summed E-state index contributed by atoms with van der Waals surface area (Å²) in [5, 5.41) is 8.07. The van der Waals surface area contributed by atoms with Crippen LogP contribution in [-0.2, 0) is 9.53 Å². The Morgan fingerprint density at radius 3 is 2.89 bits per heavy atom. The van der Waals surface area contributed by atoms with Crippen molar-refractivity contribution in [3.05, 3.63) is 12.2 Å². The topological polar surface area (TPSA) is 57.0 Å². The number of nitrogens with zero attached hydrogens (tertiary/aromatic N) is 3. The van der Waals surface area contributed by atoms with E-state index in [1.807, 2.05) is 13.8 Å². The molecule has 1 atom stereocenters. The first-order valence-corrected chi connectivity index (χ1v) is 6.80. The first-order chi connectivity index (χ1) is 8.74. The van der Waals surface area contributed by atoms with Gasteiger partial charge in [-0.2, -0.15) is 0 Å². The standard InChI is InChI=1S/C13H21N3O2/c1-3-18-13(17)10(2)12-15-14-9-16(12)11-7-5-4-6-8-11/h9-11H,3-8H2,1-2H3. The molecule has 1 saturated carbocycles. The van der Waals surface area contributed by atoms with Gasteiger partial charge in [0.05, 0.1) is 6.61 Å². The van der Waals surface area contributed by atoms with Crippen LogP contribution in [0, 0.1) is 0 Å². The Morgan fingerprint density at radius 2 is 2.22 bits per heavy atom. The van der Waals surface area contributed by atoms with E-state index in [4.69, 9.17) is 4.74 Å². The number of carbonyl (C=O) groups is 1. The molecule has 0 aromatic carbocycles. The van der Waals surface area contributed by atoms with Crippen molar-refractivity contribution >= 4 is 5.97 Å². The zero-order chi connectivity index (χ0) is 13.0. The molecule has 1 unspecified atom stereocenters. The summed E-state index contributed by atoms with van der Waals surface area (Å²) in [4.78, 5) is 11.8. The van der Waals surface area contributed by atoms with Gasteiger partial charge in [0.25, 0.3) is 0 Å². The van der Waals surface area contributed by atoms with Crippen molar-refractivity contribution in [3.8, 4) is 0 Å². The average molecular weight is 251 g/mol. The SMILES string of the molecule is CCOC(=O)C(C)c1nncn1C1CCCCC1. The Morgan fingerprint density at radius 1 is 1.50 bits per heavy atom. The summed E-state index contributed by atoms with van der Waals surface area (Å²) in [6, 6.07) is 0.445. The summed E-state index contributed by atoms with van der Waals surface area (Å²) in [5.41, 5.74) is 0. The lowest BCUT2D eigenvalue weighted by Gasteiger charge is -2.25. The molecule has 1 aliphatic rings. The van der Waals surface area contributed by atoms with E-state index in [-0.39, 0.29) is 11.9 Å². The Labute approximate surface area is 108 Å². The molecule has 100 valence electrons. The lowest BCUT2D eigenvalue weighted by atomic mass is 9.95. The molecule has 5 heteroatoms. The van der Waals surface area contributed by atoms with Gasteiger partial charge in [-0.15, -0.1) is 10.2 Å². The fourth-order valence-corrected chi connectivity index (χ4v) is 2.57. The zero-order valence-electron chi connectivity index (χ0n) is 11.1. The molecule has 0 bridgehead atoms. The first kappa shape index (κ1) is 13.1. The predicted molar refractivity (Wildman–Crippen MR) is 67.2 cm³/mol. The summed E-state index contributed by atoms with van der Waals surface area (Å²) >= 11 is 0. The summed E-state index contributed by atoms with van der Waals surface area (Å²) in [6.07, 6.45) is 7.86. The number of ether oxygens (including phenoxy) is 1. The molecule has 1 heterocycles. The monoisotopic (exact) mass is 251 g/mol. The van der Waals surface area contributed by atoms with Gasteiger partial charge in [-0.05, 0) is 26.7 Å². The Hall–Kier alpha value is -1.39. The second-order valence-corrected chi connectivity index (χ2v) is 4.86. The van der Waals surface area contributed by atoms with E-state index in [0.29, 0.717) is 12.6 Å². The van der Waals surface area contributed by atoms with Crippen molar-refractivity contribution in [1.29, 1.82) is 0 Å². The highest BCUT2D eigenvalue weighted by atomic mass is 16.5. The molecule has 5 nitrogen and oxygen atoms in total. The van der Waals surface area contributed by atoms with Crippen molar-refractivity contribution in [2.24, 2.45) is 0 Å². The summed E-state index contributed by atoms with van der Waals surface area (Å²) in [6.45, 7) is 4.05. The normalized spacial score (nSPS) is 18.6. The average Bonchev–Trinajstić information content (AvgIpc) is 2.88. The summed E-state index contributed by atoms with van der Waals surface area (Å²) < 4.78 is 7.12. The zero-order valence-corrected chi connectivity index (χ0v) is 11.1. The maximum Gasteiger partial charge on any atom is 0.316 e. The fraction of sp³-hybridized carbons (Fsp3) is 0.769. The molecule has 2 rings (SSSR count). The minimum atomic E-state index is -0.339. The van der Waals surface area contributed by atoms with E-state index >= 15 is 0 Å². The van der Waals surface area contributed by atoms with Crippen LogP contribution in [0.1, 0.15) is 63.7 Å². The molecular formula is C13H21N3O2. The van der Waals surface area contributed by atoms with Crippen LogP contribution in [0.4, 0.5) is 0 Å². The summed E-state index contributed by atoms with van der Waals surface area (Å²) in [7, 11) is 0. The van der Waals surface area contributed by atoms with Crippen LogP contribution in [0.5, 0.6) is 0 Å². The first-order valence-electron chi connectivity index (χ1n) is 6.80. The highest BCUT2D eigenvalue weighted by Crippen LogP contribution is 2.30. The Bertz CT molecular complexity index is 397. The predicted octanol–water partition coefficient (Wildman–Crippen LogP) is 2.45. The minimum absolute atomic E-state index is 0.220. The second kappa shape index (κ2) is 5.98. The molecule has 0 amide bonds. The molecule has 0 N–H and O–H groups in total. The molecular weight excluding hydrogens is 230 g/mol. The van der Waals surface area contributed by atoms with Crippen LogP contribution in [-0.4, -0.2) is 27.3 Å². The van der Waals surface area contributed by atoms with Crippen LogP contribution >= 0.6 is 0 Å². The lowest BCUT2D eigenvalue weighted by molar-refractivity contribution is -0.144. The van der Waals surface area contributed by atoms with Crippen LogP contribution in [0.25, 0.3) is 0 Å². The van der Waals surface area contributed by atoms with Gasteiger partial charge in [0.1, 0.15) is 18.1 Å². The molecule has 1 aliphatic carbocycles. The summed E-state index contributed by atoms with van der Waals surface area (Å²) in [5.74, 6) is 0.178. The van der Waals surface area contributed by atoms with E-state index in [9.17, 15) is 4.79 Å². The molecule has 1 fully saturated rings. The molecule has 0 aliphatic heterocycles. The molecule has 0 saturated heterocycles. The van der Waals surface area contributed by atoms with Gasteiger partial charge >= 0.3 is 5.97 Å². The van der Waals surface area contributed by atoms with Crippen LogP contribution < -0.4 is 0 Å². The van der Waals surface area contributed by atoms with Crippen molar-refractivity contribution in [2.45, 2.75) is 57.9 Å². The minimum Gasteiger partial charge on any atom is -0.465 e. The molecule has 1 aromatic heterocycles. The number of esters is 1. The molecule has 0 spiro atoms. The Balaban J connectivity index is 2.13. The van der Waals surface area contributed by atoms with Gasteiger partial charge in [0.15, 0.2) is 0 Å².